The van der Waals surface area contributed by atoms with E-state index in [0.717, 1.165) is 22.2 Å². The Hall–Kier alpha value is -1.08. The predicted molar refractivity (Wildman–Crippen MR) is 56.1 cm³/mol. The molecule has 0 aliphatic rings. The van der Waals surface area contributed by atoms with Crippen molar-refractivity contribution in [2.45, 2.75) is 13.3 Å². The number of pyridine rings is 1. The number of rotatable bonds is 1. The third-order valence-corrected chi connectivity index (χ3v) is 2.66. The lowest BCUT2D eigenvalue weighted by Crippen LogP contribution is -1.84. The first kappa shape index (κ1) is 8.52. The smallest absolute Gasteiger partial charge is 0.0517 e. The Labute approximate surface area is 82.4 Å². The molecule has 0 saturated carbocycles. The number of aryl methyl sites for hydroxylation is 1. The van der Waals surface area contributed by atoms with Gasteiger partial charge in [-0.2, -0.15) is 0 Å². The molecule has 1 aromatic carbocycles. The van der Waals surface area contributed by atoms with Crippen molar-refractivity contribution in [2.24, 2.45) is 0 Å². The second kappa shape index (κ2) is 3.35. The van der Waals surface area contributed by atoms with E-state index < -0.39 is 0 Å². The Kier molecular flexibility index (Phi) is 2.19. The van der Waals surface area contributed by atoms with E-state index >= 15 is 0 Å². The van der Waals surface area contributed by atoms with Crippen LogP contribution in [0.1, 0.15) is 12.5 Å². The van der Waals surface area contributed by atoms with Crippen LogP contribution in [0.15, 0.2) is 30.6 Å². The standard InChI is InChI=1S/C11H10ClN/c1-2-8-3-4-9-7-13-6-5-10(9)11(8)12/h3-7H,2H2,1H3. The number of aromatic nitrogens is 1. The lowest BCUT2D eigenvalue weighted by atomic mass is 10.1. The van der Waals surface area contributed by atoms with Crippen LogP contribution in [0.25, 0.3) is 10.8 Å². The van der Waals surface area contributed by atoms with Crippen molar-refractivity contribution in [3.63, 3.8) is 0 Å². The van der Waals surface area contributed by atoms with E-state index in [4.69, 9.17) is 11.6 Å². The van der Waals surface area contributed by atoms with E-state index in [1.54, 1.807) is 6.20 Å². The summed E-state index contributed by atoms with van der Waals surface area (Å²) in [7, 11) is 0. The second-order valence-corrected chi connectivity index (χ2v) is 3.37. The minimum absolute atomic E-state index is 0.863. The summed E-state index contributed by atoms with van der Waals surface area (Å²) in [5, 5.41) is 3.06. The molecule has 0 amide bonds. The van der Waals surface area contributed by atoms with Crippen molar-refractivity contribution in [2.75, 3.05) is 0 Å². The minimum atomic E-state index is 0.863. The van der Waals surface area contributed by atoms with Gasteiger partial charge in [-0.25, -0.2) is 0 Å². The Balaban J connectivity index is 2.79. The molecule has 0 fully saturated rings. The number of hydrogen-bond acceptors (Lipinski definition) is 1. The average Bonchev–Trinajstić information content (AvgIpc) is 2.19. The highest BCUT2D eigenvalue weighted by atomic mass is 35.5. The highest BCUT2D eigenvalue weighted by molar-refractivity contribution is 6.36. The summed E-state index contributed by atoms with van der Waals surface area (Å²) in [6, 6.07) is 6.08. The summed E-state index contributed by atoms with van der Waals surface area (Å²) < 4.78 is 0. The average molecular weight is 192 g/mol. The van der Waals surface area contributed by atoms with Crippen molar-refractivity contribution in [1.29, 1.82) is 0 Å². The number of halogens is 1. The summed E-state index contributed by atoms with van der Waals surface area (Å²) in [4.78, 5) is 4.05. The van der Waals surface area contributed by atoms with Crippen LogP contribution in [-0.2, 0) is 6.42 Å². The van der Waals surface area contributed by atoms with E-state index in [9.17, 15) is 0 Å². The fourth-order valence-electron chi connectivity index (χ4n) is 1.45. The molecule has 0 atom stereocenters. The monoisotopic (exact) mass is 191 g/mol. The molecular weight excluding hydrogens is 182 g/mol. The van der Waals surface area contributed by atoms with Crippen LogP contribution in [0.5, 0.6) is 0 Å². The van der Waals surface area contributed by atoms with Crippen molar-refractivity contribution >= 4 is 22.4 Å². The van der Waals surface area contributed by atoms with Crippen molar-refractivity contribution in [3.05, 3.63) is 41.2 Å². The molecule has 0 spiro atoms. The van der Waals surface area contributed by atoms with Gasteiger partial charge in [-0.15, -0.1) is 0 Å². The zero-order valence-corrected chi connectivity index (χ0v) is 8.17. The zero-order chi connectivity index (χ0) is 9.26. The van der Waals surface area contributed by atoms with Gasteiger partial charge in [0.05, 0.1) is 5.02 Å². The summed E-state index contributed by atoms with van der Waals surface area (Å²) in [5.74, 6) is 0. The molecule has 0 N–H and O–H groups in total. The molecule has 0 saturated heterocycles. The van der Waals surface area contributed by atoms with Crippen LogP contribution in [0.4, 0.5) is 0 Å². The van der Waals surface area contributed by atoms with Gasteiger partial charge in [0, 0.05) is 23.2 Å². The number of nitrogens with zero attached hydrogens (tertiary/aromatic N) is 1. The van der Waals surface area contributed by atoms with E-state index in [1.807, 2.05) is 12.3 Å². The Morgan fingerprint density at radius 3 is 2.92 bits per heavy atom. The SMILES string of the molecule is CCc1ccc2cnccc2c1Cl. The van der Waals surface area contributed by atoms with Gasteiger partial charge in [-0.3, -0.25) is 4.98 Å². The molecule has 0 unspecified atom stereocenters. The predicted octanol–water partition coefficient (Wildman–Crippen LogP) is 3.45. The molecule has 2 heteroatoms. The number of fused-ring (bicyclic) bond motifs is 1. The van der Waals surface area contributed by atoms with Gasteiger partial charge in [-0.1, -0.05) is 30.7 Å². The topological polar surface area (TPSA) is 12.9 Å². The van der Waals surface area contributed by atoms with Crippen LogP contribution in [-0.4, -0.2) is 4.98 Å². The molecule has 0 aliphatic carbocycles. The van der Waals surface area contributed by atoms with Crippen LogP contribution >= 0.6 is 11.6 Å². The molecular formula is C11H10ClN. The Morgan fingerprint density at radius 2 is 2.15 bits per heavy atom. The molecule has 0 radical (unpaired) electrons. The van der Waals surface area contributed by atoms with Gasteiger partial charge in [-0.05, 0) is 18.1 Å². The first-order valence-electron chi connectivity index (χ1n) is 4.34. The van der Waals surface area contributed by atoms with Gasteiger partial charge < -0.3 is 0 Å². The maximum atomic E-state index is 6.21. The molecule has 0 aliphatic heterocycles. The molecule has 1 heterocycles. The Bertz CT molecular complexity index is 437. The largest absolute Gasteiger partial charge is 0.264 e. The summed E-state index contributed by atoms with van der Waals surface area (Å²) in [5.41, 5.74) is 1.19. The molecule has 2 aromatic rings. The molecule has 1 nitrogen and oxygen atoms in total. The van der Waals surface area contributed by atoms with Gasteiger partial charge in [0.25, 0.3) is 0 Å². The summed E-state index contributed by atoms with van der Waals surface area (Å²) >= 11 is 6.21. The zero-order valence-electron chi connectivity index (χ0n) is 7.42. The van der Waals surface area contributed by atoms with E-state index in [-0.39, 0.29) is 0 Å². The molecule has 0 bridgehead atoms. The van der Waals surface area contributed by atoms with Gasteiger partial charge in [0.1, 0.15) is 0 Å². The molecule has 1 aromatic heterocycles. The van der Waals surface area contributed by atoms with E-state index in [2.05, 4.69) is 24.0 Å². The summed E-state index contributed by atoms with van der Waals surface area (Å²) in [6.07, 6.45) is 4.57. The van der Waals surface area contributed by atoms with E-state index in [0.29, 0.717) is 0 Å². The highest BCUT2D eigenvalue weighted by Crippen LogP contribution is 2.26. The summed E-state index contributed by atoms with van der Waals surface area (Å²) in [6.45, 7) is 2.11. The quantitative estimate of drug-likeness (QED) is 0.673. The van der Waals surface area contributed by atoms with Gasteiger partial charge in [0.2, 0.25) is 0 Å². The van der Waals surface area contributed by atoms with Crippen LogP contribution in [0.3, 0.4) is 0 Å². The third-order valence-electron chi connectivity index (χ3n) is 2.22. The molecule has 66 valence electrons. The fraction of sp³-hybridized carbons (Fsp3) is 0.182. The second-order valence-electron chi connectivity index (χ2n) is 2.99. The van der Waals surface area contributed by atoms with Crippen molar-refractivity contribution in [1.82, 2.24) is 4.98 Å². The third kappa shape index (κ3) is 1.40. The number of benzene rings is 1. The van der Waals surface area contributed by atoms with E-state index in [1.165, 1.54) is 5.56 Å². The first-order valence-corrected chi connectivity index (χ1v) is 4.72. The van der Waals surface area contributed by atoms with Gasteiger partial charge in [0.15, 0.2) is 0 Å². The van der Waals surface area contributed by atoms with Crippen LogP contribution in [0.2, 0.25) is 5.02 Å². The normalized spacial score (nSPS) is 10.6. The minimum Gasteiger partial charge on any atom is -0.264 e. The molecule has 2 rings (SSSR count). The number of hydrogen-bond donors (Lipinski definition) is 0. The lowest BCUT2D eigenvalue weighted by Gasteiger charge is -2.04. The first-order chi connectivity index (χ1) is 6.33. The highest BCUT2D eigenvalue weighted by Gasteiger charge is 2.02. The lowest BCUT2D eigenvalue weighted by molar-refractivity contribution is 1.15. The maximum absolute atomic E-state index is 6.21. The van der Waals surface area contributed by atoms with Crippen LogP contribution < -0.4 is 0 Å². The van der Waals surface area contributed by atoms with Crippen molar-refractivity contribution in [3.8, 4) is 0 Å². The maximum Gasteiger partial charge on any atom is 0.0517 e. The molecule has 13 heavy (non-hydrogen) atoms. The Morgan fingerprint density at radius 1 is 1.31 bits per heavy atom. The van der Waals surface area contributed by atoms with Crippen molar-refractivity contribution < 1.29 is 0 Å². The fourth-order valence-corrected chi connectivity index (χ4v) is 1.82. The van der Waals surface area contributed by atoms with Gasteiger partial charge >= 0.3 is 0 Å². The van der Waals surface area contributed by atoms with Crippen LogP contribution in [0, 0.1) is 0 Å².